The highest BCUT2D eigenvalue weighted by Gasteiger charge is 2.16. The van der Waals surface area contributed by atoms with E-state index in [2.05, 4.69) is 21.6 Å². The number of hydrogen-bond donors (Lipinski definition) is 2. The molecule has 0 aromatic rings. The SMILES string of the molecule is C=C(N)/N=C1/N=CC(Cl)=N/C1=C(/N)OCC. The van der Waals surface area contributed by atoms with E-state index in [1.54, 1.807) is 6.92 Å². The first-order valence-electron chi connectivity index (χ1n) is 4.48. The number of amidine groups is 1. The maximum Gasteiger partial charge on any atom is 0.214 e. The van der Waals surface area contributed by atoms with E-state index in [1.165, 1.54) is 6.21 Å². The Morgan fingerprint density at radius 1 is 1.62 bits per heavy atom. The Labute approximate surface area is 98.1 Å². The van der Waals surface area contributed by atoms with Gasteiger partial charge in [-0.05, 0) is 6.92 Å². The molecule has 86 valence electrons. The second kappa shape index (κ2) is 5.32. The van der Waals surface area contributed by atoms with Gasteiger partial charge in [0.15, 0.2) is 11.5 Å². The van der Waals surface area contributed by atoms with Crippen molar-refractivity contribution in [2.24, 2.45) is 26.4 Å². The van der Waals surface area contributed by atoms with Crippen molar-refractivity contribution < 1.29 is 4.74 Å². The monoisotopic (exact) mass is 241 g/mol. The predicted octanol–water partition coefficient (Wildman–Crippen LogP) is 0.701. The van der Waals surface area contributed by atoms with Crippen LogP contribution in [0.3, 0.4) is 0 Å². The van der Waals surface area contributed by atoms with Gasteiger partial charge in [0, 0.05) is 0 Å². The van der Waals surface area contributed by atoms with E-state index in [9.17, 15) is 0 Å². The molecule has 0 aliphatic carbocycles. The zero-order valence-corrected chi connectivity index (χ0v) is 9.53. The van der Waals surface area contributed by atoms with Crippen LogP contribution in [0.2, 0.25) is 0 Å². The number of hydrogen-bond acceptors (Lipinski definition) is 5. The standard InChI is InChI=1S/C9H12ClN5O/c1-3-16-8(12)7-9(14-5(2)11)13-4-6(10)15-7/h4H,2-3,11-12H2,1H3/b8-7-,14-9+. The molecule has 0 radical (unpaired) electrons. The van der Waals surface area contributed by atoms with Gasteiger partial charge in [0.2, 0.25) is 5.88 Å². The molecule has 6 nitrogen and oxygen atoms in total. The average Bonchev–Trinajstić information content (AvgIpc) is 2.20. The molecule has 1 rings (SSSR count). The maximum atomic E-state index is 5.70. The second-order valence-corrected chi connectivity index (χ2v) is 3.15. The summed E-state index contributed by atoms with van der Waals surface area (Å²) in [5.74, 6) is 0.419. The quantitative estimate of drug-likeness (QED) is 0.712. The van der Waals surface area contributed by atoms with Crippen LogP contribution < -0.4 is 11.5 Å². The van der Waals surface area contributed by atoms with Gasteiger partial charge in [-0.25, -0.2) is 15.0 Å². The summed E-state index contributed by atoms with van der Waals surface area (Å²) in [4.78, 5) is 11.8. The highest BCUT2D eigenvalue weighted by Crippen LogP contribution is 2.13. The lowest BCUT2D eigenvalue weighted by molar-refractivity contribution is 0.224. The molecule has 7 heteroatoms. The van der Waals surface area contributed by atoms with Gasteiger partial charge in [-0.3, -0.25) is 0 Å². The van der Waals surface area contributed by atoms with Crippen LogP contribution in [0.15, 0.2) is 39.0 Å². The fraction of sp³-hybridized carbons (Fsp3) is 0.222. The van der Waals surface area contributed by atoms with Crippen molar-refractivity contribution in [3.05, 3.63) is 24.0 Å². The van der Waals surface area contributed by atoms with Crippen LogP contribution in [-0.4, -0.2) is 23.8 Å². The van der Waals surface area contributed by atoms with Gasteiger partial charge in [0.25, 0.3) is 0 Å². The van der Waals surface area contributed by atoms with Gasteiger partial charge in [0.05, 0.1) is 12.8 Å². The van der Waals surface area contributed by atoms with Crippen molar-refractivity contribution in [2.75, 3.05) is 6.61 Å². The molecule has 0 fully saturated rings. The molecular formula is C9H12ClN5O. The highest BCUT2D eigenvalue weighted by atomic mass is 35.5. The molecule has 1 aliphatic rings. The Hall–Kier alpha value is -1.82. The number of nitrogens with two attached hydrogens (primary N) is 2. The number of nitrogens with zero attached hydrogens (tertiary/aromatic N) is 3. The van der Waals surface area contributed by atoms with Crippen LogP contribution >= 0.6 is 11.6 Å². The van der Waals surface area contributed by atoms with E-state index in [4.69, 9.17) is 27.8 Å². The first-order chi connectivity index (χ1) is 7.54. The van der Waals surface area contributed by atoms with Gasteiger partial charge in [-0.1, -0.05) is 18.2 Å². The van der Waals surface area contributed by atoms with Crippen molar-refractivity contribution in [3.8, 4) is 0 Å². The van der Waals surface area contributed by atoms with E-state index in [0.717, 1.165) is 0 Å². The fourth-order valence-electron chi connectivity index (χ4n) is 0.968. The van der Waals surface area contributed by atoms with Crippen LogP contribution in [0, 0.1) is 0 Å². The maximum absolute atomic E-state index is 5.70. The molecule has 0 bridgehead atoms. The summed E-state index contributed by atoms with van der Waals surface area (Å²) in [5, 5.41) is 0.194. The topological polar surface area (TPSA) is 98.3 Å². The molecule has 0 aromatic carbocycles. The summed E-state index contributed by atoms with van der Waals surface area (Å²) < 4.78 is 5.11. The second-order valence-electron chi connectivity index (χ2n) is 2.77. The summed E-state index contributed by atoms with van der Waals surface area (Å²) in [5.41, 5.74) is 11.3. The van der Waals surface area contributed by atoms with Gasteiger partial charge in [0.1, 0.15) is 11.0 Å². The van der Waals surface area contributed by atoms with Gasteiger partial charge in [-0.15, -0.1) is 0 Å². The van der Waals surface area contributed by atoms with E-state index in [1.807, 2.05) is 0 Å². The van der Waals surface area contributed by atoms with Crippen LogP contribution in [0.1, 0.15) is 6.92 Å². The number of halogens is 1. The lowest BCUT2D eigenvalue weighted by Gasteiger charge is -2.10. The first kappa shape index (κ1) is 12.3. The van der Waals surface area contributed by atoms with Crippen LogP contribution in [-0.2, 0) is 4.74 Å². The molecule has 1 aliphatic heterocycles. The molecular weight excluding hydrogens is 230 g/mol. The minimum atomic E-state index is 0.0949. The molecule has 4 N–H and O–H groups in total. The van der Waals surface area contributed by atoms with Crippen LogP contribution in [0.4, 0.5) is 0 Å². The number of aliphatic imine (C=N–C) groups is 3. The van der Waals surface area contributed by atoms with E-state index >= 15 is 0 Å². The molecule has 0 spiro atoms. The van der Waals surface area contributed by atoms with Gasteiger partial charge in [-0.2, -0.15) is 0 Å². The molecule has 0 saturated heterocycles. The number of rotatable bonds is 3. The van der Waals surface area contributed by atoms with Gasteiger partial charge >= 0.3 is 0 Å². The third-order valence-electron chi connectivity index (χ3n) is 1.51. The minimum absolute atomic E-state index is 0.0949. The predicted molar refractivity (Wildman–Crippen MR) is 65.4 cm³/mol. The third-order valence-corrected chi connectivity index (χ3v) is 1.69. The first-order valence-corrected chi connectivity index (χ1v) is 4.86. The fourth-order valence-corrected chi connectivity index (χ4v) is 1.10. The normalized spacial score (nSPS) is 20.6. The Morgan fingerprint density at radius 2 is 2.31 bits per heavy atom. The van der Waals surface area contributed by atoms with Crippen LogP contribution in [0.5, 0.6) is 0 Å². The zero-order chi connectivity index (χ0) is 12.1. The molecule has 16 heavy (non-hydrogen) atoms. The lowest BCUT2D eigenvalue weighted by atomic mass is 10.4. The van der Waals surface area contributed by atoms with Crippen molar-refractivity contribution >= 4 is 28.8 Å². The Kier molecular flexibility index (Phi) is 4.07. The summed E-state index contributed by atoms with van der Waals surface area (Å²) in [6.07, 6.45) is 1.34. The van der Waals surface area contributed by atoms with E-state index in [0.29, 0.717) is 6.61 Å². The van der Waals surface area contributed by atoms with Crippen molar-refractivity contribution in [3.63, 3.8) is 0 Å². The van der Waals surface area contributed by atoms with Crippen molar-refractivity contribution in [1.29, 1.82) is 0 Å². The molecule has 0 saturated carbocycles. The molecule has 0 atom stereocenters. The Bertz CT molecular complexity index is 422. The minimum Gasteiger partial charge on any atom is -0.478 e. The van der Waals surface area contributed by atoms with Crippen molar-refractivity contribution in [1.82, 2.24) is 0 Å². The largest absolute Gasteiger partial charge is 0.478 e. The molecule has 1 heterocycles. The Morgan fingerprint density at radius 3 is 2.88 bits per heavy atom. The van der Waals surface area contributed by atoms with E-state index in [-0.39, 0.29) is 28.4 Å². The molecule has 0 amide bonds. The summed E-state index contributed by atoms with van der Waals surface area (Å²) in [6.45, 7) is 5.64. The molecule has 0 aromatic heterocycles. The highest BCUT2D eigenvalue weighted by molar-refractivity contribution is 6.80. The Balaban J connectivity index is 3.15. The summed E-state index contributed by atoms with van der Waals surface area (Å²) in [6, 6.07) is 0. The van der Waals surface area contributed by atoms with E-state index < -0.39 is 0 Å². The average molecular weight is 242 g/mol. The van der Waals surface area contributed by atoms with Crippen molar-refractivity contribution in [2.45, 2.75) is 6.92 Å². The zero-order valence-electron chi connectivity index (χ0n) is 8.77. The summed E-state index contributed by atoms with van der Waals surface area (Å²) in [7, 11) is 0. The lowest BCUT2D eigenvalue weighted by Crippen LogP contribution is -2.16. The van der Waals surface area contributed by atoms with Crippen LogP contribution in [0.25, 0.3) is 0 Å². The summed E-state index contributed by atoms with van der Waals surface area (Å²) >= 11 is 5.70. The molecule has 0 unspecified atom stereocenters. The third kappa shape index (κ3) is 3.09. The van der Waals surface area contributed by atoms with Gasteiger partial charge < -0.3 is 16.2 Å². The smallest absolute Gasteiger partial charge is 0.214 e. The number of ether oxygens (including phenoxy) is 1.